The van der Waals surface area contributed by atoms with Crippen molar-refractivity contribution in [3.63, 3.8) is 0 Å². The van der Waals surface area contributed by atoms with E-state index in [1.165, 1.54) is 5.56 Å². The van der Waals surface area contributed by atoms with Gasteiger partial charge in [-0.25, -0.2) is 0 Å². The standard InChI is InChI=1S/C7H8.2O.Ti/c1-7-5-3-2-4-6-7;;;/h2-6H,1H3;;;. The third kappa shape index (κ3) is 5.67. The first-order chi connectivity index (χ1) is 4.81. The molecule has 52 valence electrons. The average Bonchev–Trinajstić information content (AvgIpc) is 1.91. The molecule has 0 bridgehead atoms. The third-order valence-electron chi connectivity index (χ3n) is 0.940. The minimum atomic E-state index is -2.00. The van der Waals surface area contributed by atoms with Crippen LogP contribution in [0.2, 0.25) is 0 Å². The van der Waals surface area contributed by atoms with Crippen LogP contribution in [-0.4, -0.2) is 0 Å². The van der Waals surface area contributed by atoms with Gasteiger partial charge in [0.2, 0.25) is 0 Å². The number of hydrogen-bond donors (Lipinski definition) is 0. The summed E-state index contributed by atoms with van der Waals surface area (Å²) in [6, 6.07) is 10.3. The van der Waals surface area contributed by atoms with Gasteiger partial charge in [-0.15, -0.1) is 0 Å². The Hall–Kier alpha value is -0.466. The Morgan fingerprint density at radius 1 is 1.10 bits per heavy atom. The van der Waals surface area contributed by atoms with Crippen LogP contribution in [0.4, 0.5) is 0 Å². The predicted octanol–water partition coefficient (Wildman–Crippen LogP) is 1.75. The van der Waals surface area contributed by atoms with E-state index < -0.39 is 19.1 Å². The Labute approximate surface area is 68.8 Å². The molecule has 2 nitrogen and oxygen atoms in total. The molecule has 0 aliphatic carbocycles. The van der Waals surface area contributed by atoms with Gasteiger partial charge in [0.25, 0.3) is 0 Å². The molecule has 0 fully saturated rings. The molecule has 0 aromatic heterocycles. The fourth-order valence-electron chi connectivity index (χ4n) is 0.534. The first kappa shape index (κ1) is 9.53. The number of benzene rings is 1. The van der Waals surface area contributed by atoms with Crippen LogP contribution >= 0.6 is 0 Å². The van der Waals surface area contributed by atoms with Crippen molar-refractivity contribution in [2.45, 2.75) is 6.92 Å². The Balaban J connectivity index is 0.000000236. The molecule has 3 heteroatoms. The van der Waals surface area contributed by atoms with Crippen LogP contribution in [0.25, 0.3) is 0 Å². The molecule has 0 unspecified atom stereocenters. The zero-order valence-electron chi connectivity index (χ0n) is 5.70. The van der Waals surface area contributed by atoms with Gasteiger partial charge in [-0.3, -0.25) is 0 Å². The van der Waals surface area contributed by atoms with E-state index in [-0.39, 0.29) is 0 Å². The summed E-state index contributed by atoms with van der Waals surface area (Å²) in [5.74, 6) is 0. The summed E-state index contributed by atoms with van der Waals surface area (Å²) in [6.45, 7) is 2.08. The molecule has 0 saturated heterocycles. The SMILES string of the molecule is Cc1ccccc1.[O]=[Ti]=[O]. The van der Waals surface area contributed by atoms with Crippen molar-refractivity contribution in [2.24, 2.45) is 0 Å². The van der Waals surface area contributed by atoms with Gasteiger partial charge in [-0.05, 0) is 6.92 Å². The van der Waals surface area contributed by atoms with E-state index in [4.69, 9.17) is 6.65 Å². The summed E-state index contributed by atoms with van der Waals surface area (Å²) >= 11 is -2.00. The minimum absolute atomic E-state index is 1.32. The van der Waals surface area contributed by atoms with Crippen molar-refractivity contribution >= 4 is 0 Å². The van der Waals surface area contributed by atoms with Crippen LogP contribution in [0.15, 0.2) is 30.3 Å². The van der Waals surface area contributed by atoms with Crippen LogP contribution in [0.3, 0.4) is 0 Å². The van der Waals surface area contributed by atoms with Crippen LogP contribution in [0.1, 0.15) is 5.56 Å². The monoisotopic (exact) mass is 172 g/mol. The molecule has 0 heterocycles. The van der Waals surface area contributed by atoms with Gasteiger partial charge in [0.05, 0.1) is 0 Å². The van der Waals surface area contributed by atoms with Gasteiger partial charge < -0.3 is 0 Å². The average molecular weight is 172 g/mol. The second-order valence-corrected chi connectivity index (χ2v) is 2.00. The molecule has 1 aromatic rings. The number of rotatable bonds is 0. The van der Waals surface area contributed by atoms with Crippen molar-refractivity contribution in [3.05, 3.63) is 35.9 Å². The van der Waals surface area contributed by atoms with E-state index >= 15 is 0 Å². The van der Waals surface area contributed by atoms with Gasteiger partial charge in [-0.1, -0.05) is 35.9 Å². The summed E-state index contributed by atoms with van der Waals surface area (Å²) in [4.78, 5) is 0. The molecule has 0 spiro atoms. The molecule has 0 aliphatic heterocycles. The van der Waals surface area contributed by atoms with Crippen molar-refractivity contribution in [1.29, 1.82) is 0 Å². The Morgan fingerprint density at radius 3 is 1.70 bits per heavy atom. The Bertz CT molecular complexity index is 202. The molecule has 0 radical (unpaired) electrons. The van der Waals surface area contributed by atoms with Crippen LogP contribution in [-0.2, 0) is 25.7 Å². The van der Waals surface area contributed by atoms with Crippen LogP contribution in [0, 0.1) is 6.92 Å². The van der Waals surface area contributed by atoms with E-state index in [1.54, 1.807) is 0 Å². The molecule has 0 amide bonds. The number of aryl methyl sites for hydroxylation is 1. The quantitative estimate of drug-likeness (QED) is 0.558. The third-order valence-corrected chi connectivity index (χ3v) is 0.940. The second-order valence-electron chi connectivity index (χ2n) is 1.74. The van der Waals surface area contributed by atoms with Gasteiger partial charge >= 0.3 is 25.7 Å². The Morgan fingerprint density at radius 2 is 1.50 bits per heavy atom. The fraction of sp³-hybridized carbons (Fsp3) is 0.143. The summed E-state index contributed by atoms with van der Waals surface area (Å²) in [5.41, 5.74) is 1.32. The maximum absolute atomic E-state index is 8.50. The molecule has 0 aliphatic rings. The molecule has 1 aromatic carbocycles. The van der Waals surface area contributed by atoms with Gasteiger partial charge in [0.1, 0.15) is 0 Å². The molecule has 0 N–H and O–H groups in total. The van der Waals surface area contributed by atoms with Gasteiger partial charge in [0, 0.05) is 0 Å². The Kier molecular flexibility index (Phi) is 6.34. The van der Waals surface area contributed by atoms with Crippen LogP contribution < -0.4 is 0 Å². The summed E-state index contributed by atoms with van der Waals surface area (Å²) < 4.78 is 17.0. The van der Waals surface area contributed by atoms with Crippen LogP contribution in [0.5, 0.6) is 0 Å². The van der Waals surface area contributed by atoms with Crippen molar-refractivity contribution in [1.82, 2.24) is 0 Å². The summed E-state index contributed by atoms with van der Waals surface area (Å²) in [7, 11) is 0. The zero-order chi connectivity index (χ0) is 7.82. The molecule has 1 rings (SSSR count). The van der Waals surface area contributed by atoms with E-state index in [1.807, 2.05) is 18.2 Å². The van der Waals surface area contributed by atoms with Crippen molar-refractivity contribution < 1.29 is 25.7 Å². The summed E-state index contributed by atoms with van der Waals surface area (Å²) in [5, 5.41) is 0. The van der Waals surface area contributed by atoms with Crippen molar-refractivity contribution in [3.8, 4) is 0 Å². The van der Waals surface area contributed by atoms with E-state index in [0.717, 1.165) is 0 Å². The first-order valence-electron chi connectivity index (χ1n) is 2.82. The normalized spacial score (nSPS) is 6.90. The van der Waals surface area contributed by atoms with Gasteiger partial charge in [0.15, 0.2) is 0 Å². The van der Waals surface area contributed by atoms with Gasteiger partial charge in [-0.2, -0.15) is 0 Å². The topological polar surface area (TPSA) is 34.1 Å². The van der Waals surface area contributed by atoms with E-state index in [2.05, 4.69) is 19.1 Å². The maximum atomic E-state index is 8.50. The fourth-order valence-corrected chi connectivity index (χ4v) is 0.534. The second kappa shape index (κ2) is 6.65. The molecule has 0 saturated carbocycles. The van der Waals surface area contributed by atoms with E-state index in [9.17, 15) is 0 Å². The van der Waals surface area contributed by atoms with Crippen molar-refractivity contribution in [2.75, 3.05) is 0 Å². The molecular formula is C7H8O2Ti. The predicted molar refractivity (Wildman–Crippen MR) is 32.6 cm³/mol. The zero-order valence-corrected chi connectivity index (χ0v) is 7.26. The molecular weight excluding hydrogens is 164 g/mol. The van der Waals surface area contributed by atoms with E-state index in [0.29, 0.717) is 0 Å². The molecule has 10 heavy (non-hydrogen) atoms. The summed E-state index contributed by atoms with van der Waals surface area (Å²) in [6.07, 6.45) is 0. The first-order valence-corrected chi connectivity index (χ1v) is 4.09. The molecule has 0 atom stereocenters. The number of hydrogen-bond acceptors (Lipinski definition) is 2.